The molecular formula is C15H17F3N2O2. The molecule has 4 nitrogen and oxygen atoms in total. The number of nitrogens with zero attached hydrogens (tertiary/aromatic N) is 2. The van der Waals surface area contributed by atoms with E-state index in [0.717, 1.165) is 6.42 Å². The van der Waals surface area contributed by atoms with Crippen molar-refractivity contribution in [3.63, 3.8) is 0 Å². The zero-order valence-corrected chi connectivity index (χ0v) is 12.2. The number of likely N-dealkylation sites (tertiary alicyclic amines) is 1. The topological polar surface area (TPSA) is 32.8 Å². The van der Waals surface area contributed by atoms with Crippen molar-refractivity contribution in [2.24, 2.45) is 5.92 Å². The molecule has 1 aromatic rings. The maximum atomic E-state index is 14.0. The van der Waals surface area contributed by atoms with E-state index in [2.05, 4.69) is 0 Å². The van der Waals surface area contributed by atoms with Gasteiger partial charge in [0.15, 0.2) is 11.6 Å². The van der Waals surface area contributed by atoms with E-state index in [-0.39, 0.29) is 24.3 Å². The lowest BCUT2D eigenvalue weighted by Crippen LogP contribution is -2.38. The fraction of sp³-hybridized carbons (Fsp3) is 0.533. The van der Waals surface area contributed by atoms with Crippen LogP contribution in [0.15, 0.2) is 12.1 Å². The van der Waals surface area contributed by atoms with Crippen molar-refractivity contribution < 1.29 is 22.7 Å². The fourth-order valence-electron chi connectivity index (χ4n) is 3.41. The van der Waals surface area contributed by atoms with Crippen LogP contribution in [0.3, 0.4) is 0 Å². The molecule has 0 aromatic heterocycles. The molecule has 2 atom stereocenters. The highest BCUT2D eigenvalue weighted by Gasteiger charge is 2.44. The molecule has 2 aliphatic heterocycles. The Morgan fingerprint density at radius 3 is 2.59 bits per heavy atom. The molecule has 22 heavy (non-hydrogen) atoms. The quantitative estimate of drug-likeness (QED) is 0.841. The summed E-state index contributed by atoms with van der Waals surface area (Å²) in [7, 11) is 0. The van der Waals surface area contributed by atoms with Crippen LogP contribution in [-0.2, 0) is 4.74 Å². The Hall–Kier alpha value is -1.92. The molecule has 0 saturated carbocycles. The maximum Gasteiger partial charge on any atom is 0.409 e. The lowest BCUT2D eigenvalue weighted by molar-refractivity contribution is 0.113. The van der Waals surface area contributed by atoms with Gasteiger partial charge in [0.05, 0.1) is 12.6 Å². The SMILES string of the molecule is CCOC(=O)N1CC2CCN(c3c(F)cc(F)cc3F)C2C1. The van der Waals surface area contributed by atoms with Crippen LogP contribution in [0.25, 0.3) is 0 Å². The molecule has 0 radical (unpaired) electrons. The molecule has 3 rings (SSSR count). The molecule has 0 bridgehead atoms. The second-order valence-corrected chi connectivity index (χ2v) is 5.63. The van der Waals surface area contributed by atoms with Crippen molar-refractivity contribution in [3.05, 3.63) is 29.6 Å². The number of anilines is 1. The lowest BCUT2D eigenvalue weighted by Gasteiger charge is -2.27. The Kier molecular flexibility index (Phi) is 3.88. The molecular weight excluding hydrogens is 297 g/mol. The average Bonchev–Trinajstić information content (AvgIpc) is 2.99. The van der Waals surface area contributed by atoms with Crippen molar-refractivity contribution in [1.29, 1.82) is 0 Å². The van der Waals surface area contributed by atoms with Crippen LogP contribution in [-0.4, -0.2) is 43.3 Å². The van der Waals surface area contributed by atoms with Gasteiger partial charge in [-0.2, -0.15) is 0 Å². The summed E-state index contributed by atoms with van der Waals surface area (Å²) in [6, 6.07) is 1.20. The third kappa shape index (κ3) is 2.48. The van der Waals surface area contributed by atoms with Gasteiger partial charge in [0, 0.05) is 37.7 Å². The van der Waals surface area contributed by atoms with E-state index in [9.17, 15) is 18.0 Å². The van der Waals surface area contributed by atoms with Crippen LogP contribution in [0.5, 0.6) is 0 Å². The lowest BCUT2D eigenvalue weighted by atomic mass is 10.0. The van der Waals surface area contributed by atoms with Crippen LogP contribution in [0, 0.1) is 23.4 Å². The molecule has 1 amide bonds. The van der Waals surface area contributed by atoms with Crippen molar-refractivity contribution in [1.82, 2.24) is 4.90 Å². The van der Waals surface area contributed by atoms with Gasteiger partial charge in [-0.25, -0.2) is 18.0 Å². The molecule has 120 valence electrons. The largest absolute Gasteiger partial charge is 0.450 e. The summed E-state index contributed by atoms with van der Waals surface area (Å²) in [4.78, 5) is 15.0. The second-order valence-electron chi connectivity index (χ2n) is 5.63. The number of fused-ring (bicyclic) bond motifs is 1. The van der Waals surface area contributed by atoms with E-state index in [1.807, 2.05) is 0 Å². The predicted molar refractivity (Wildman–Crippen MR) is 74.2 cm³/mol. The highest BCUT2D eigenvalue weighted by Crippen LogP contribution is 2.37. The Bertz CT molecular complexity index is 573. The van der Waals surface area contributed by atoms with E-state index >= 15 is 0 Å². The summed E-state index contributed by atoms with van der Waals surface area (Å²) in [5.41, 5.74) is -0.209. The minimum atomic E-state index is -0.936. The number of hydrogen-bond donors (Lipinski definition) is 0. The smallest absolute Gasteiger partial charge is 0.409 e. The summed E-state index contributed by atoms with van der Waals surface area (Å²) in [5.74, 6) is -2.61. The molecule has 2 aliphatic rings. The van der Waals surface area contributed by atoms with E-state index in [4.69, 9.17) is 4.74 Å². The van der Waals surface area contributed by atoms with Crippen molar-refractivity contribution in [2.75, 3.05) is 31.1 Å². The van der Waals surface area contributed by atoms with E-state index in [1.165, 1.54) is 0 Å². The Labute approximate surface area is 126 Å². The number of benzene rings is 1. The number of carbonyl (C=O) groups is 1. The molecule has 1 aromatic carbocycles. The Balaban J connectivity index is 1.82. The number of hydrogen-bond acceptors (Lipinski definition) is 3. The zero-order chi connectivity index (χ0) is 15.9. The van der Waals surface area contributed by atoms with Gasteiger partial charge in [0.2, 0.25) is 0 Å². The number of carbonyl (C=O) groups excluding carboxylic acids is 1. The van der Waals surface area contributed by atoms with Crippen LogP contribution in [0.1, 0.15) is 13.3 Å². The minimum absolute atomic E-state index is 0.147. The average molecular weight is 314 g/mol. The van der Waals surface area contributed by atoms with Gasteiger partial charge in [-0.3, -0.25) is 0 Å². The van der Waals surface area contributed by atoms with Crippen LogP contribution < -0.4 is 4.90 Å². The van der Waals surface area contributed by atoms with Crippen molar-refractivity contribution in [3.8, 4) is 0 Å². The summed E-state index contributed by atoms with van der Waals surface area (Å²) in [6.07, 6.45) is 0.327. The number of rotatable bonds is 2. The first-order chi connectivity index (χ1) is 10.5. The fourth-order valence-corrected chi connectivity index (χ4v) is 3.41. The highest BCUT2D eigenvalue weighted by atomic mass is 19.1. The first-order valence-electron chi connectivity index (χ1n) is 7.34. The summed E-state index contributed by atoms with van der Waals surface area (Å²) in [6.45, 7) is 3.38. The summed E-state index contributed by atoms with van der Waals surface area (Å²) >= 11 is 0. The van der Waals surface area contributed by atoms with Gasteiger partial charge in [0.25, 0.3) is 0 Å². The Morgan fingerprint density at radius 1 is 1.27 bits per heavy atom. The molecule has 0 aliphatic carbocycles. The third-order valence-corrected chi connectivity index (χ3v) is 4.34. The van der Waals surface area contributed by atoms with Crippen molar-refractivity contribution >= 4 is 11.8 Å². The van der Waals surface area contributed by atoms with Crippen LogP contribution >= 0.6 is 0 Å². The first kappa shape index (κ1) is 15.0. The van der Waals surface area contributed by atoms with E-state index < -0.39 is 23.5 Å². The van der Waals surface area contributed by atoms with Crippen molar-refractivity contribution in [2.45, 2.75) is 19.4 Å². The first-order valence-corrected chi connectivity index (χ1v) is 7.34. The summed E-state index contributed by atoms with van der Waals surface area (Å²) < 4.78 is 46.0. The van der Waals surface area contributed by atoms with Gasteiger partial charge in [0.1, 0.15) is 11.5 Å². The second kappa shape index (κ2) is 5.70. The number of halogens is 3. The Morgan fingerprint density at radius 2 is 1.95 bits per heavy atom. The maximum absolute atomic E-state index is 14.0. The van der Waals surface area contributed by atoms with Gasteiger partial charge < -0.3 is 14.5 Å². The number of ether oxygens (including phenoxy) is 1. The van der Waals surface area contributed by atoms with Gasteiger partial charge >= 0.3 is 6.09 Å². The molecule has 2 fully saturated rings. The standard InChI is InChI=1S/C15H17F3N2O2/c1-2-22-15(21)19-7-9-3-4-20(13(9)8-19)14-11(17)5-10(16)6-12(14)18/h5-6,9,13H,2-4,7-8H2,1H3. The van der Waals surface area contributed by atoms with E-state index in [1.54, 1.807) is 16.7 Å². The molecule has 7 heteroatoms. The normalized spacial score (nSPS) is 23.8. The van der Waals surface area contributed by atoms with Gasteiger partial charge in [-0.1, -0.05) is 0 Å². The zero-order valence-electron chi connectivity index (χ0n) is 12.2. The van der Waals surface area contributed by atoms with Gasteiger partial charge in [-0.15, -0.1) is 0 Å². The molecule has 0 spiro atoms. The molecule has 0 N–H and O–H groups in total. The van der Waals surface area contributed by atoms with Gasteiger partial charge in [-0.05, 0) is 13.3 Å². The van der Waals surface area contributed by atoms with Crippen LogP contribution in [0.2, 0.25) is 0 Å². The monoisotopic (exact) mass is 314 g/mol. The third-order valence-electron chi connectivity index (χ3n) is 4.34. The van der Waals surface area contributed by atoms with E-state index in [0.29, 0.717) is 31.8 Å². The minimum Gasteiger partial charge on any atom is -0.450 e. The molecule has 2 heterocycles. The molecule has 2 saturated heterocycles. The number of amides is 1. The highest BCUT2D eigenvalue weighted by molar-refractivity contribution is 5.68. The molecule has 2 unspecified atom stereocenters. The van der Waals surface area contributed by atoms with Crippen LogP contribution in [0.4, 0.5) is 23.7 Å². The summed E-state index contributed by atoms with van der Waals surface area (Å²) in [5, 5.41) is 0. The predicted octanol–water partition coefficient (Wildman–Crippen LogP) is 2.77.